The van der Waals surface area contributed by atoms with Gasteiger partial charge >= 0.3 is 5.76 Å². The average Bonchev–Trinajstić information content (AvgIpc) is 3.45. The normalized spacial score (nSPS) is 19.7. The molecule has 176 valence electrons. The van der Waals surface area contributed by atoms with Gasteiger partial charge in [-0.1, -0.05) is 17.8 Å². The SMILES string of the molecule is CSc1nc(NC2CC2)c2c(n1)N1CCC[C@H]1CN(c1cccc(-c3nn(C)c(=O)o3)c1)C2=O. The predicted octanol–water partition coefficient (Wildman–Crippen LogP) is 2.76. The second-order valence-corrected chi connectivity index (χ2v) is 9.70. The summed E-state index contributed by atoms with van der Waals surface area (Å²) >= 11 is 1.49. The Morgan fingerprint density at radius 2 is 2.03 bits per heavy atom. The third kappa shape index (κ3) is 3.64. The number of thioether (sulfide) groups is 1. The zero-order valence-corrected chi connectivity index (χ0v) is 19.8. The van der Waals surface area contributed by atoms with E-state index in [1.54, 1.807) is 11.9 Å². The number of aromatic nitrogens is 4. The highest BCUT2D eigenvalue weighted by Crippen LogP contribution is 2.39. The minimum atomic E-state index is -0.528. The van der Waals surface area contributed by atoms with E-state index >= 15 is 0 Å². The van der Waals surface area contributed by atoms with Crippen molar-refractivity contribution < 1.29 is 9.21 Å². The number of aryl methyl sites for hydroxylation is 1. The van der Waals surface area contributed by atoms with E-state index in [9.17, 15) is 9.59 Å². The highest BCUT2D eigenvalue weighted by Gasteiger charge is 2.40. The number of carbonyl (C=O) groups excluding carboxylic acids is 1. The first-order valence-electron chi connectivity index (χ1n) is 11.5. The molecule has 11 heteroatoms. The van der Waals surface area contributed by atoms with Gasteiger partial charge in [-0.3, -0.25) is 4.79 Å². The summed E-state index contributed by atoms with van der Waals surface area (Å²) in [5, 5.41) is 8.30. The van der Waals surface area contributed by atoms with Gasteiger partial charge in [0.15, 0.2) is 5.16 Å². The van der Waals surface area contributed by atoms with Crippen LogP contribution in [0.2, 0.25) is 0 Å². The van der Waals surface area contributed by atoms with E-state index in [1.807, 2.05) is 30.5 Å². The number of carbonyl (C=O) groups is 1. The molecule has 0 spiro atoms. The molecule has 0 bridgehead atoms. The summed E-state index contributed by atoms with van der Waals surface area (Å²) in [6, 6.07) is 7.93. The van der Waals surface area contributed by atoms with Gasteiger partial charge in [0.2, 0.25) is 5.89 Å². The highest BCUT2D eigenvalue weighted by molar-refractivity contribution is 7.98. The molecule has 2 fully saturated rings. The Morgan fingerprint density at radius 3 is 2.76 bits per heavy atom. The van der Waals surface area contributed by atoms with E-state index < -0.39 is 5.76 Å². The number of rotatable bonds is 5. The molecular formula is C23H25N7O3S. The zero-order chi connectivity index (χ0) is 23.4. The van der Waals surface area contributed by atoms with Gasteiger partial charge in [-0.05, 0) is 50.1 Å². The largest absolute Gasteiger partial charge is 0.437 e. The summed E-state index contributed by atoms with van der Waals surface area (Å²) in [5.74, 6) is 0.915. The van der Waals surface area contributed by atoms with Crippen molar-refractivity contribution in [3.8, 4) is 11.5 Å². The molecule has 10 nitrogen and oxygen atoms in total. The second kappa shape index (κ2) is 8.15. The summed E-state index contributed by atoms with van der Waals surface area (Å²) in [6.45, 7) is 1.41. The van der Waals surface area contributed by atoms with Crippen LogP contribution >= 0.6 is 11.8 Å². The first-order valence-corrected chi connectivity index (χ1v) is 12.7. The van der Waals surface area contributed by atoms with Crippen LogP contribution in [-0.4, -0.2) is 57.1 Å². The molecule has 4 heterocycles. The van der Waals surface area contributed by atoms with Crippen LogP contribution in [0.3, 0.4) is 0 Å². The van der Waals surface area contributed by atoms with Gasteiger partial charge in [-0.15, -0.1) is 5.10 Å². The van der Waals surface area contributed by atoms with Crippen molar-refractivity contribution in [2.24, 2.45) is 7.05 Å². The first-order chi connectivity index (χ1) is 16.5. The number of hydrogen-bond donors (Lipinski definition) is 1. The number of amides is 1. The van der Waals surface area contributed by atoms with Crippen molar-refractivity contribution in [1.82, 2.24) is 19.7 Å². The maximum absolute atomic E-state index is 14.1. The Kier molecular flexibility index (Phi) is 5.09. The molecule has 3 aliphatic rings. The standard InChI is InChI=1S/C23H25N7O3S/c1-28-23(32)33-20(27-28)13-5-3-6-15(11-13)30-12-16-7-4-10-29(16)19-17(21(30)31)18(24-14-8-9-14)25-22(26-19)34-2/h3,5-6,11,14,16H,4,7-10,12H2,1-2H3,(H,24,25,26)/t16-/m0/s1. The van der Waals surface area contributed by atoms with E-state index in [-0.39, 0.29) is 17.8 Å². The molecule has 2 aliphatic heterocycles. The van der Waals surface area contributed by atoms with Gasteiger partial charge in [-0.25, -0.2) is 14.8 Å². The predicted molar refractivity (Wildman–Crippen MR) is 130 cm³/mol. The molecule has 1 aromatic carbocycles. The summed E-state index contributed by atoms with van der Waals surface area (Å²) in [5.41, 5.74) is 1.90. The van der Waals surface area contributed by atoms with Crippen molar-refractivity contribution in [3.63, 3.8) is 0 Å². The fourth-order valence-electron chi connectivity index (χ4n) is 4.68. The van der Waals surface area contributed by atoms with Crippen molar-refractivity contribution in [2.45, 2.75) is 42.9 Å². The van der Waals surface area contributed by atoms with Crippen LogP contribution < -0.4 is 20.9 Å². The highest BCUT2D eigenvalue weighted by atomic mass is 32.2. The van der Waals surface area contributed by atoms with Crippen LogP contribution in [0.15, 0.2) is 38.6 Å². The van der Waals surface area contributed by atoms with E-state index in [0.717, 1.165) is 48.4 Å². The van der Waals surface area contributed by atoms with Gasteiger partial charge in [0.25, 0.3) is 5.91 Å². The molecule has 6 rings (SSSR count). The van der Waals surface area contributed by atoms with Crippen molar-refractivity contribution in [1.29, 1.82) is 0 Å². The van der Waals surface area contributed by atoms with Gasteiger partial charge in [0.1, 0.15) is 17.2 Å². The van der Waals surface area contributed by atoms with E-state index in [2.05, 4.69) is 15.3 Å². The molecular weight excluding hydrogens is 454 g/mol. The lowest BCUT2D eigenvalue weighted by atomic mass is 10.1. The number of anilines is 3. The molecule has 2 aromatic heterocycles. The summed E-state index contributed by atoms with van der Waals surface area (Å²) in [6.07, 6.45) is 6.15. The molecule has 34 heavy (non-hydrogen) atoms. The number of hydrogen-bond acceptors (Lipinski definition) is 9. The Hall–Kier alpha value is -3.34. The Morgan fingerprint density at radius 1 is 1.18 bits per heavy atom. The van der Waals surface area contributed by atoms with Gasteiger partial charge < -0.3 is 19.5 Å². The lowest BCUT2D eigenvalue weighted by Gasteiger charge is -2.27. The van der Waals surface area contributed by atoms with E-state index in [0.29, 0.717) is 34.7 Å². The third-order valence-corrected chi connectivity index (χ3v) is 7.11. The molecule has 0 unspecified atom stereocenters. The molecule has 1 saturated heterocycles. The summed E-state index contributed by atoms with van der Waals surface area (Å²) in [4.78, 5) is 39.4. The molecule has 1 aliphatic carbocycles. The maximum Gasteiger partial charge on any atom is 0.437 e. The summed E-state index contributed by atoms with van der Waals surface area (Å²) in [7, 11) is 1.54. The maximum atomic E-state index is 14.1. The third-order valence-electron chi connectivity index (χ3n) is 6.57. The smallest absolute Gasteiger partial charge is 0.388 e. The fraction of sp³-hybridized carbons (Fsp3) is 0.435. The quantitative estimate of drug-likeness (QED) is 0.436. The van der Waals surface area contributed by atoms with E-state index in [1.165, 1.54) is 11.8 Å². The minimum absolute atomic E-state index is 0.125. The number of nitrogens with zero attached hydrogens (tertiary/aromatic N) is 6. The number of nitrogens with one attached hydrogen (secondary N) is 1. The van der Waals surface area contributed by atoms with Crippen LogP contribution in [0.25, 0.3) is 11.5 Å². The van der Waals surface area contributed by atoms with Crippen LogP contribution in [0.1, 0.15) is 36.0 Å². The van der Waals surface area contributed by atoms with E-state index in [4.69, 9.17) is 14.4 Å². The molecule has 1 N–H and O–H groups in total. The van der Waals surface area contributed by atoms with Crippen LogP contribution in [0.5, 0.6) is 0 Å². The molecule has 1 amide bonds. The summed E-state index contributed by atoms with van der Waals surface area (Å²) < 4.78 is 6.42. The van der Waals surface area contributed by atoms with Crippen molar-refractivity contribution >= 4 is 35.0 Å². The van der Waals surface area contributed by atoms with Gasteiger partial charge in [-0.2, -0.15) is 4.68 Å². The van der Waals surface area contributed by atoms with Crippen LogP contribution in [-0.2, 0) is 7.05 Å². The zero-order valence-electron chi connectivity index (χ0n) is 19.0. The molecule has 1 atom stereocenters. The molecule has 0 radical (unpaired) electrons. The lowest BCUT2D eigenvalue weighted by molar-refractivity contribution is 0.0988. The average molecular weight is 480 g/mol. The first kappa shape index (κ1) is 21.2. The van der Waals surface area contributed by atoms with Gasteiger partial charge in [0.05, 0.1) is 0 Å². The second-order valence-electron chi connectivity index (χ2n) is 8.93. The van der Waals surface area contributed by atoms with Crippen molar-refractivity contribution in [2.75, 3.05) is 34.5 Å². The van der Waals surface area contributed by atoms with Crippen LogP contribution in [0, 0.1) is 0 Å². The van der Waals surface area contributed by atoms with Crippen molar-refractivity contribution in [3.05, 3.63) is 40.4 Å². The monoisotopic (exact) mass is 479 g/mol. The molecule has 3 aromatic rings. The number of fused-ring (bicyclic) bond motifs is 3. The minimum Gasteiger partial charge on any atom is -0.388 e. The van der Waals surface area contributed by atoms with Gasteiger partial charge in [0, 0.05) is 43.5 Å². The Balaban J connectivity index is 1.46. The van der Waals surface area contributed by atoms with Crippen LogP contribution in [0.4, 0.5) is 17.3 Å². The Labute approximate surface area is 200 Å². The Bertz CT molecular complexity index is 1330. The fourth-order valence-corrected chi connectivity index (χ4v) is 5.04. The molecule has 1 saturated carbocycles. The lowest BCUT2D eigenvalue weighted by Crippen LogP contribution is -2.39. The topological polar surface area (TPSA) is 109 Å². The number of benzene rings is 1.